The van der Waals surface area contributed by atoms with Crippen molar-refractivity contribution in [1.82, 2.24) is 4.98 Å². The summed E-state index contributed by atoms with van der Waals surface area (Å²) >= 11 is 0. The maximum absolute atomic E-state index is 13.6. The average Bonchev–Trinajstić information content (AvgIpc) is 3.23. The van der Waals surface area contributed by atoms with Gasteiger partial charge in [0.1, 0.15) is 5.82 Å². The van der Waals surface area contributed by atoms with Crippen LogP contribution in [-0.4, -0.2) is 16.6 Å². The predicted molar refractivity (Wildman–Crippen MR) is 175 cm³/mol. The lowest BCUT2D eigenvalue weighted by Crippen LogP contribution is -2.17. The van der Waals surface area contributed by atoms with Crippen molar-refractivity contribution in [3.05, 3.63) is 136 Å². The van der Waals surface area contributed by atoms with Crippen LogP contribution in [0.1, 0.15) is 48.5 Å². The van der Waals surface area contributed by atoms with Gasteiger partial charge in [0, 0.05) is 34.0 Å². The van der Waals surface area contributed by atoms with E-state index in [1.807, 2.05) is 54.7 Å². The van der Waals surface area contributed by atoms with E-state index in [-0.39, 0.29) is 17.1 Å². The molecule has 0 N–H and O–H groups in total. The normalized spacial score (nSPS) is 13.6. The molecule has 0 radical (unpaired) electrons. The number of anilines is 3. The van der Waals surface area contributed by atoms with Crippen molar-refractivity contribution in [2.24, 2.45) is 0 Å². The summed E-state index contributed by atoms with van der Waals surface area (Å²) < 4.78 is 0. The van der Waals surface area contributed by atoms with Gasteiger partial charge >= 0.3 is 0 Å². The maximum atomic E-state index is 13.6. The number of carbonyl (C=O) groups excluding carboxylic acids is 2. The van der Waals surface area contributed by atoms with Gasteiger partial charge in [-0.25, -0.2) is 4.98 Å². The van der Waals surface area contributed by atoms with Gasteiger partial charge in [-0.15, -0.1) is 0 Å². The number of rotatable bonds is 2. The van der Waals surface area contributed by atoms with E-state index in [9.17, 15) is 9.59 Å². The number of carbonyl (C=O) groups is 2. The fourth-order valence-corrected chi connectivity index (χ4v) is 6.70. The molecular weight excluding hydrogens is 528 g/mol. The maximum Gasteiger partial charge on any atom is 0.197 e. The van der Waals surface area contributed by atoms with E-state index in [0.717, 1.165) is 61.0 Å². The number of hydrogen-bond acceptors (Lipinski definition) is 4. The van der Waals surface area contributed by atoms with Crippen molar-refractivity contribution in [2.75, 3.05) is 4.90 Å². The van der Waals surface area contributed by atoms with Gasteiger partial charge in [0.2, 0.25) is 0 Å². The Balaban J connectivity index is 1.35. The van der Waals surface area contributed by atoms with Crippen LogP contribution in [0.3, 0.4) is 0 Å². The van der Waals surface area contributed by atoms with Gasteiger partial charge in [-0.2, -0.15) is 0 Å². The summed E-state index contributed by atoms with van der Waals surface area (Å²) in [6.45, 7) is 8.51. The summed E-state index contributed by atoms with van der Waals surface area (Å²) in [5.41, 5.74) is 11.1. The third kappa shape index (κ3) is 3.66. The molecule has 0 amide bonds. The number of hydrogen-bond donors (Lipinski definition) is 0. The Hall–Kier alpha value is -5.35. The second-order valence-electron chi connectivity index (χ2n) is 11.8. The van der Waals surface area contributed by atoms with Crippen LogP contribution in [0.25, 0.3) is 38.7 Å². The molecule has 0 fully saturated rings. The highest BCUT2D eigenvalue weighted by Crippen LogP contribution is 2.51. The van der Waals surface area contributed by atoms with Gasteiger partial charge < -0.3 is 0 Å². The summed E-state index contributed by atoms with van der Waals surface area (Å²) in [5.74, 6) is 0.454. The number of Topliss-reactive ketones (excluding diaryl/α,β-unsaturated/α-hetero) is 2. The molecule has 43 heavy (non-hydrogen) atoms. The van der Waals surface area contributed by atoms with Crippen LogP contribution < -0.4 is 4.90 Å². The monoisotopic (exact) mass is 556 g/mol. The second-order valence-corrected chi connectivity index (χ2v) is 11.8. The molecule has 0 atom stereocenters. The molecule has 4 nitrogen and oxygen atoms in total. The van der Waals surface area contributed by atoms with Crippen LogP contribution in [-0.2, 0) is 0 Å². The summed E-state index contributed by atoms with van der Waals surface area (Å²) in [6, 6.07) is 28.5. The van der Waals surface area contributed by atoms with E-state index in [2.05, 4.69) is 69.0 Å². The zero-order valence-corrected chi connectivity index (χ0v) is 24.4. The molecule has 0 saturated heterocycles. The van der Waals surface area contributed by atoms with Crippen LogP contribution in [0.15, 0.2) is 96.7 Å². The number of ketones is 2. The third-order valence-electron chi connectivity index (χ3n) is 9.13. The number of allylic oxidation sites excluding steroid dienone is 1. The zero-order chi connectivity index (χ0) is 29.6. The molecule has 1 aliphatic carbocycles. The first-order valence-electron chi connectivity index (χ1n) is 14.5. The van der Waals surface area contributed by atoms with Gasteiger partial charge in [-0.05, 0) is 120 Å². The van der Waals surface area contributed by atoms with Crippen molar-refractivity contribution in [2.45, 2.75) is 27.7 Å². The lowest BCUT2D eigenvalue weighted by Gasteiger charge is -2.33. The standard InChI is InChI=1S/C39H28N2O2/c1-21-14-33-30-11-7-10-29-27(19-34-37(42)31-17-25-8-5-6-9-26(25)18-32(31)38(34)43)12-13-35(36(29)30)41(39(33)40-20-21)28-15-22(2)24(4)23(3)16-28/h5-20H,1-4H3. The average molecular weight is 557 g/mol. The third-order valence-corrected chi connectivity index (χ3v) is 9.13. The first kappa shape index (κ1) is 25.4. The van der Waals surface area contributed by atoms with Gasteiger partial charge in [-0.1, -0.05) is 48.5 Å². The smallest absolute Gasteiger partial charge is 0.197 e. The van der Waals surface area contributed by atoms with Crippen molar-refractivity contribution in [1.29, 1.82) is 0 Å². The molecule has 0 saturated carbocycles. The molecule has 6 aromatic rings. The number of nitrogens with zero attached hydrogens (tertiary/aromatic N) is 2. The number of aromatic nitrogens is 1. The summed E-state index contributed by atoms with van der Waals surface area (Å²) in [7, 11) is 0. The van der Waals surface area contributed by atoms with Crippen LogP contribution in [0.5, 0.6) is 0 Å². The Morgan fingerprint density at radius 2 is 1.35 bits per heavy atom. The Morgan fingerprint density at radius 1 is 0.674 bits per heavy atom. The number of aryl methyl sites for hydroxylation is 3. The Labute approximate surface area is 249 Å². The second kappa shape index (κ2) is 9.07. The van der Waals surface area contributed by atoms with E-state index >= 15 is 0 Å². The van der Waals surface area contributed by atoms with Crippen LogP contribution in [0, 0.1) is 27.7 Å². The molecule has 206 valence electrons. The molecule has 0 spiro atoms. The molecule has 1 aliphatic heterocycles. The lowest BCUT2D eigenvalue weighted by molar-refractivity contribution is 0.0990. The molecule has 2 heterocycles. The van der Waals surface area contributed by atoms with Gasteiger partial charge in [0.25, 0.3) is 0 Å². The Bertz CT molecular complexity index is 2190. The minimum absolute atomic E-state index is 0.210. The van der Waals surface area contributed by atoms with Gasteiger partial charge in [-0.3, -0.25) is 14.5 Å². The first-order valence-corrected chi connectivity index (χ1v) is 14.5. The fraction of sp³-hybridized carbons (Fsp3) is 0.103. The minimum atomic E-state index is -0.219. The quantitative estimate of drug-likeness (QED) is 0.157. The SMILES string of the molecule is Cc1cnc2c(c1)-c1cccc3c(C=C4C(=O)c5cc6ccccc6cc5C4=O)ccc(c13)N2c1cc(C)c(C)c(C)c1. The first-order chi connectivity index (χ1) is 20.8. The fourth-order valence-electron chi connectivity index (χ4n) is 6.70. The highest BCUT2D eigenvalue weighted by Gasteiger charge is 2.34. The molecular formula is C39H28N2O2. The highest BCUT2D eigenvalue weighted by molar-refractivity contribution is 6.42. The molecule has 0 bridgehead atoms. The predicted octanol–water partition coefficient (Wildman–Crippen LogP) is 9.53. The zero-order valence-electron chi connectivity index (χ0n) is 24.4. The van der Waals surface area contributed by atoms with E-state index < -0.39 is 0 Å². The lowest BCUT2D eigenvalue weighted by atomic mass is 9.89. The summed E-state index contributed by atoms with van der Waals surface area (Å²) in [4.78, 5) is 34.4. The largest absolute Gasteiger partial charge is 0.294 e. The van der Waals surface area contributed by atoms with Crippen molar-refractivity contribution >= 4 is 56.4 Å². The van der Waals surface area contributed by atoms with Gasteiger partial charge in [0.05, 0.1) is 11.3 Å². The Morgan fingerprint density at radius 3 is 2.02 bits per heavy atom. The summed E-state index contributed by atoms with van der Waals surface area (Å²) in [6.07, 6.45) is 3.70. The Kier molecular flexibility index (Phi) is 5.35. The molecule has 4 heteroatoms. The number of pyridine rings is 1. The van der Waals surface area contributed by atoms with Crippen molar-refractivity contribution in [3.8, 4) is 11.1 Å². The highest BCUT2D eigenvalue weighted by atomic mass is 16.2. The van der Waals surface area contributed by atoms with Crippen molar-refractivity contribution < 1.29 is 9.59 Å². The van der Waals surface area contributed by atoms with E-state index in [0.29, 0.717) is 11.1 Å². The van der Waals surface area contributed by atoms with E-state index in [1.54, 1.807) is 6.08 Å². The van der Waals surface area contributed by atoms with Gasteiger partial charge in [0.15, 0.2) is 11.6 Å². The molecule has 2 aliphatic rings. The molecule has 0 unspecified atom stereocenters. The number of fused-ring (bicyclic) bond motifs is 4. The minimum Gasteiger partial charge on any atom is -0.294 e. The number of benzene rings is 5. The van der Waals surface area contributed by atoms with Crippen LogP contribution in [0.4, 0.5) is 17.2 Å². The van der Waals surface area contributed by atoms with E-state index in [4.69, 9.17) is 4.98 Å². The molecule has 1 aromatic heterocycles. The van der Waals surface area contributed by atoms with Crippen LogP contribution in [0.2, 0.25) is 0 Å². The van der Waals surface area contributed by atoms with E-state index in [1.165, 1.54) is 16.7 Å². The topological polar surface area (TPSA) is 50.3 Å². The molecule has 8 rings (SSSR count). The van der Waals surface area contributed by atoms with Crippen molar-refractivity contribution in [3.63, 3.8) is 0 Å². The summed E-state index contributed by atoms with van der Waals surface area (Å²) in [5, 5.41) is 3.97. The molecule has 5 aromatic carbocycles. The van der Waals surface area contributed by atoms with Crippen LogP contribution >= 0.6 is 0 Å².